The summed E-state index contributed by atoms with van der Waals surface area (Å²) in [6.07, 6.45) is 3.58. The molecule has 0 unspecified atom stereocenters. The maximum atomic E-state index is 5.77. The van der Waals surface area contributed by atoms with Crippen LogP contribution < -0.4 is 0 Å². The topological polar surface area (TPSA) is 17.8 Å². The van der Waals surface area contributed by atoms with Gasteiger partial charge >= 0.3 is 0 Å². The average Bonchev–Trinajstić information content (AvgIpc) is 2.75. The minimum atomic E-state index is 1.03. The maximum absolute atomic E-state index is 5.77. The SMILES string of the molecule is Cln1cc(-c2cccc3ccccc23)cn1. The standard InChI is InChI=1S/C13H9ClN2/c14-16-9-11(8-15-16)13-7-3-5-10-4-1-2-6-12(10)13/h1-9H. The lowest BCUT2D eigenvalue weighted by molar-refractivity contribution is 0.994. The molecule has 0 bridgehead atoms. The number of aromatic nitrogens is 2. The van der Waals surface area contributed by atoms with Crippen LogP contribution in [-0.2, 0) is 0 Å². The molecule has 0 fully saturated rings. The van der Waals surface area contributed by atoms with Crippen LogP contribution in [0.5, 0.6) is 0 Å². The van der Waals surface area contributed by atoms with Gasteiger partial charge < -0.3 is 0 Å². The van der Waals surface area contributed by atoms with Crippen molar-refractivity contribution < 1.29 is 0 Å². The molecule has 0 aliphatic rings. The van der Waals surface area contributed by atoms with Gasteiger partial charge in [0.1, 0.15) is 0 Å². The van der Waals surface area contributed by atoms with E-state index in [1.54, 1.807) is 6.20 Å². The monoisotopic (exact) mass is 228 g/mol. The number of hydrogen-bond donors (Lipinski definition) is 0. The molecule has 1 heterocycles. The average molecular weight is 229 g/mol. The molecule has 3 aromatic rings. The van der Waals surface area contributed by atoms with Gasteiger partial charge in [0.25, 0.3) is 0 Å². The van der Waals surface area contributed by atoms with E-state index in [0.29, 0.717) is 0 Å². The molecule has 0 N–H and O–H groups in total. The Bertz CT molecular complexity index is 638. The first-order valence-electron chi connectivity index (χ1n) is 5.03. The predicted octanol–water partition coefficient (Wildman–Crippen LogP) is 3.71. The Balaban J connectivity index is 2.31. The van der Waals surface area contributed by atoms with Gasteiger partial charge in [0, 0.05) is 17.3 Å². The minimum absolute atomic E-state index is 1.03. The lowest BCUT2D eigenvalue weighted by atomic mass is 10.0. The van der Waals surface area contributed by atoms with Crippen molar-refractivity contribution in [2.45, 2.75) is 0 Å². The molecule has 3 rings (SSSR count). The van der Waals surface area contributed by atoms with Crippen molar-refractivity contribution in [2.75, 3.05) is 0 Å². The summed E-state index contributed by atoms with van der Waals surface area (Å²) in [6.45, 7) is 0. The molecule has 0 amide bonds. The molecular weight excluding hydrogens is 220 g/mol. The summed E-state index contributed by atoms with van der Waals surface area (Å²) >= 11 is 5.77. The smallest absolute Gasteiger partial charge is 0.0583 e. The third-order valence-electron chi connectivity index (χ3n) is 2.65. The molecule has 0 spiro atoms. The van der Waals surface area contributed by atoms with Crippen LogP contribution in [0, 0.1) is 0 Å². The van der Waals surface area contributed by atoms with E-state index in [2.05, 4.69) is 29.4 Å². The van der Waals surface area contributed by atoms with E-state index >= 15 is 0 Å². The van der Waals surface area contributed by atoms with Crippen LogP contribution in [0.3, 0.4) is 0 Å². The van der Waals surface area contributed by atoms with E-state index in [0.717, 1.165) is 11.1 Å². The normalized spacial score (nSPS) is 10.8. The van der Waals surface area contributed by atoms with E-state index in [-0.39, 0.29) is 0 Å². The van der Waals surface area contributed by atoms with E-state index in [4.69, 9.17) is 11.8 Å². The van der Waals surface area contributed by atoms with Crippen molar-refractivity contribution in [3.8, 4) is 11.1 Å². The fourth-order valence-electron chi connectivity index (χ4n) is 1.92. The highest BCUT2D eigenvalue weighted by atomic mass is 35.5. The highest BCUT2D eigenvalue weighted by Crippen LogP contribution is 2.28. The summed E-state index contributed by atoms with van der Waals surface area (Å²) in [4.78, 5) is 0. The van der Waals surface area contributed by atoms with Crippen molar-refractivity contribution in [2.24, 2.45) is 0 Å². The molecule has 0 aliphatic heterocycles. The van der Waals surface area contributed by atoms with Crippen LogP contribution in [0.25, 0.3) is 21.9 Å². The minimum Gasteiger partial charge on any atom is -0.180 e. The molecule has 2 nitrogen and oxygen atoms in total. The van der Waals surface area contributed by atoms with Crippen LogP contribution in [0.4, 0.5) is 0 Å². The van der Waals surface area contributed by atoms with Crippen molar-refractivity contribution in [1.82, 2.24) is 9.30 Å². The highest BCUT2D eigenvalue weighted by molar-refractivity contribution is 6.15. The second-order valence-corrected chi connectivity index (χ2v) is 3.99. The summed E-state index contributed by atoms with van der Waals surface area (Å²) in [5.74, 6) is 0. The Hall–Kier alpha value is -1.80. The van der Waals surface area contributed by atoms with Gasteiger partial charge in [-0.1, -0.05) is 42.5 Å². The van der Waals surface area contributed by atoms with Crippen molar-refractivity contribution >= 4 is 22.5 Å². The Labute approximate surface area is 98.2 Å². The van der Waals surface area contributed by atoms with Crippen LogP contribution in [0.2, 0.25) is 0 Å². The zero-order valence-electron chi connectivity index (χ0n) is 8.47. The van der Waals surface area contributed by atoms with E-state index in [9.17, 15) is 0 Å². The Kier molecular flexibility index (Phi) is 2.15. The van der Waals surface area contributed by atoms with E-state index < -0.39 is 0 Å². The summed E-state index contributed by atoms with van der Waals surface area (Å²) in [6, 6.07) is 14.5. The van der Waals surface area contributed by atoms with Crippen molar-refractivity contribution in [3.05, 3.63) is 54.9 Å². The molecule has 0 aliphatic carbocycles. The molecule has 16 heavy (non-hydrogen) atoms. The summed E-state index contributed by atoms with van der Waals surface area (Å²) in [5, 5.41) is 6.42. The van der Waals surface area contributed by atoms with Gasteiger partial charge in [0.05, 0.1) is 12.4 Å². The second-order valence-electron chi connectivity index (χ2n) is 3.64. The van der Waals surface area contributed by atoms with Gasteiger partial charge in [-0.3, -0.25) is 0 Å². The van der Waals surface area contributed by atoms with Crippen LogP contribution in [0.15, 0.2) is 54.9 Å². The zero-order valence-corrected chi connectivity index (χ0v) is 9.22. The van der Waals surface area contributed by atoms with Gasteiger partial charge in [-0.15, -0.1) is 0 Å². The summed E-state index contributed by atoms with van der Waals surface area (Å²) in [7, 11) is 0. The molecule has 0 atom stereocenters. The number of hydrogen-bond acceptors (Lipinski definition) is 1. The number of benzene rings is 2. The van der Waals surface area contributed by atoms with Crippen LogP contribution in [-0.4, -0.2) is 9.30 Å². The number of halogens is 1. The number of rotatable bonds is 1. The predicted molar refractivity (Wildman–Crippen MR) is 66.4 cm³/mol. The first-order valence-corrected chi connectivity index (χ1v) is 5.37. The zero-order chi connectivity index (χ0) is 11.0. The molecule has 0 saturated carbocycles. The lowest BCUT2D eigenvalue weighted by Gasteiger charge is -2.03. The van der Waals surface area contributed by atoms with Crippen LogP contribution in [0.1, 0.15) is 0 Å². The second kappa shape index (κ2) is 3.65. The quantitative estimate of drug-likeness (QED) is 0.621. The van der Waals surface area contributed by atoms with Crippen molar-refractivity contribution in [3.63, 3.8) is 0 Å². The van der Waals surface area contributed by atoms with E-state index in [1.807, 2.05) is 24.4 Å². The van der Waals surface area contributed by atoms with Crippen LogP contribution >= 0.6 is 11.8 Å². The van der Waals surface area contributed by atoms with Gasteiger partial charge in [-0.2, -0.15) is 9.30 Å². The Morgan fingerprint density at radius 2 is 1.81 bits per heavy atom. The third kappa shape index (κ3) is 1.48. The molecule has 1 aromatic heterocycles. The Morgan fingerprint density at radius 1 is 1.00 bits per heavy atom. The molecule has 3 heteroatoms. The first-order chi connectivity index (χ1) is 7.84. The number of nitrogens with zero attached hydrogens (tertiary/aromatic N) is 2. The van der Waals surface area contributed by atoms with Gasteiger partial charge in [0.15, 0.2) is 0 Å². The van der Waals surface area contributed by atoms with Gasteiger partial charge in [-0.05, 0) is 16.3 Å². The largest absolute Gasteiger partial charge is 0.180 e. The molecular formula is C13H9ClN2. The number of fused-ring (bicyclic) bond motifs is 1. The lowest BCUT2D eigenvalue weighted by Crippen LogP contribution is -1.78. The first kappa shape index (κ1) is 9.43. The molecule has 0 radical (unpaired) electrons. The third-order valence-corrected chi connectivity index (χ3v) is 2.84. The van der Waals surface area contributed by atoms with E-state index in [1.165, 1.54) is 15.0 Å². The van der Waals surface area contributed by atoms with Gasteiger partial charge in [-0.25, -0.2) is 0 Å². The van der Waals surface area contributed by atoms with Crippen molar-refractivity contribution in [1.29, 1.82) is 0 Å². The summed E-state index contributed by atoms with van der Waals surface area (Å²) in [5.41, 5.74) is 2.19. The fraction of sp³-hybridized carbons (Fsp3) is 0. The van der Waals surface area contributed by atoms with Gasteiger partial charge in [0.2, 0.25) is 0 Å². The molecule has 78 valence electrons. The summed E-state index contributed by atoms with van der Waals surface area (Å²) < 4.78 is 1.30. The highest BCUT2D eigenvalue weighted by Gasteiger charge is 2.04. The fourth-order valence-corrected chi connectivity index (χ4v) is 2.06. The molecule has 2 aromatic carbocycles. The maximum Gasteiger partial charge on any atom is 0.0583 e. The Morgan fingerprint density at radius 3 is 2.62 bits per heavy atom. The molecule has 0 saturated heterocycles.